The van der Waals surface area contributed by atoms with E-state index in [1.165, 1.54) is 36.1 Å². The zero-order chi connectivity index (χ0) is 23.0. The first-order chi connectivity index (χ1) is 14.5. The molecule has 1 aliphatic heterocycles. The van der Waals surface area contributed by atoms with Gasteiger partial charge < -0.3 is 10.0 Å². The van der Waals surface area contributed by atoms with Gasteiger partial charge in [0, 0.05) is 16.6 Å². The topological polar surface area (TPSA) is 95.0 Å². The average Bonchev–Trinajstić information content (AvgIpc) is 3.18. The zero-order valence-electron chi connectivity index (χ0n) is 17.0. The summed E-state index contributed by atoms with van der Waals surface area (Å²) in [7, 11) is -4.00. The fraction of sp³-hybridized carbons (Fsp3) is 0.333. The van der Waals surface area contributed by atoms with E-state index in [-0.39, 0.29) is 12.2 Å². The van der Waals surface area contributed by atoms with Gasteiger partial charge in [0.2, 0.25) is 10.0 Å². The highest BCUT2D eigenvalue weighted by molar-refractivity contribution is 7.92. The van der Waals surface area contributed by atoms with Crippen molar-refractivity contribution in [1.82, 2.24) is 4.90 Å². The Kier molecular flexibility index (Phi) is 6.55. The molecule has 0 bridgehead atoms. The van der Waals surface area contributed by atoms with E-state index >= 15 is 0 Å². The molecule has 166 valence electrons. The van der Waals surface area contributed by atoms with Gasteiger partial charge in [-0.25, -0.2) is 13.2 Å². The van der Waals surface area contributed by atoms with Gasteiger partial charge in [-0.2, -0.15) is 0 Å². The van der Waals surface area contributed by atoms with E-state index in [1.54, 1.807) is 24.3 Å². The molecule has 1 aliphatic rings. The van der Waals surface area contributed by atoms with E-state index in [9.17, 15) is 23.1 Å². The van der Waals surface area contributed by atoms with Crippen LogP contribution in [0.1, 0.15) is 25.3 Å². The van der Waals surface area contributed by atoms with Crippen LogP contribution in [0.5, 0.6) is 0 Å². The summed E-state index contributed by atoms with van der Waals surface area (Å²) in [5.41, 5.74) is -1.17. The van der Waals surface area contributed by atoms with E-state index in [2.05, 4.69) is 0 Å². The van der Waals surface area contributed by atoms with Crippen molar-refractivity contribution in [2.75, 3.05) is 17.1 Å². The number of halogens is 2. The Morgan fingerprint density at radius 3 is 2.06 bits per heavy atom. The molecular formula is C21H22Cl2N2O5S. The summed E-state index contributed by atoms with van der Waals surface area (Å²) in [5, 5.41) is 10.4. The van der Waals surface area contributed by atoms with Crippen LogP contribution in [0.25, 0.3) is 0 Å². The lowest BCUT2D eigenvalue weighted by atomic mass is 9.89. The van der Waals surface area contributed by atoms with Crippen LogP contribution in [-0.2, 0) is 25.2 Å². The standard InChI is InChI=1S/C21H22Cl2N2O5S/c1-21(14-5-7-15(22)8-6-14,20(28)24-13-3-4-18(24)19(26)27)25(31(2,29)30)17-11-9-16(23)10-12-17/h5-12,18H,3-4,13H2,1-2H3,(H,26,27)/t18-,21+/m0/s1. The number of aliphatic carboxylic acids is 1. The van der Waals surface area contributed by atoms with Gasteiger partial charge in [-0.3, -0.25) is 9.10 Å². The van der Waals surface area contributed by atoms with Gasteiger partial charge in [-0.15, -0.1) is 0 Å². The SMILES string of the molecule is C[C@](C(=O)N1CCC[C@H]1C(=O)O)(c1ccc(Cl)cc1)N(c1ccc(Cl)cc1)S(C)(=O)=O. The van der Waals surface area contributed by atoms with Gasteiger partial charge >= 0.3 is 5.97 Å². The van der Waals surface area contributed by atoms with Crippen molar-refractivity contribution in [3.05, 3.63) is 64.1 Å². The normalized spacial score (nSPS) is 18.5. The molecule has 1 fully saturated rings. The minimum Gasteiger partial charge on any atom is -0.480 e. The number of carbonyl (C=O) groups is 2. The number of hydrogen-bond donors (Lipinski definition) is 1. The molecule has 10 heteroatoms. The number of rotatable bonds is 6. The number of nitrogens with zero attached hydrogens (tertiary/aromatic N) is 2. The highest BCUT2D eigenvalue weighted by Crippen LogP contribution is 2.39. The molecule has 0 aliphatic carbocycles. The summed E-state index contributed by atoms with van der Waals surface area (Å²) in [6.45, 7) is 1.70. The summed E-state index contributed by atoms with van der Waals surface area (Å²) in [5.74, 6) is -1.75. The Hall–Kier alpha value is -2.29. The van der Waals surface area contributed by atoms with Crippen LogP contribution in [0, 0.1) is 0 Å². The summed E-state index contributed by atoms with van der Waals surface area (Å²) >= 11 is 12.0. The van der Waals surface area contributed by atoms with Crippen LogP contribution in [0.15, 0.2) is 48.5 Å². The van der Waals surface area contributed by atoms with E-state index in [4.69, 9.17) is 23.2 Å². The third kappa shape index (κ3) is 4.51. The number of anilines is 1. The third-order valence-corrected chi connectivity index (χ3v) is 7.16. The maximum absolute atomic E-state index is 13.9. The van der Waals surface area contributed by atoms with E-state index in [0.29, 0.717) is 28.5 Å². The second-order valence-corrected chi connectivity index (χ2v) is 10.3. The number of sulfonamides is 1. The molecule has 7 nitrogen and oxygen atoms in total. The molecule has 0 spiro atoms. The van der Waals surface area contributed by atoms with E-state index in [0.717, 1.165) is 10.6 Å². The lowest BCUT2D eigenvalue weighted by molar-refractivity contribution is -0.150. The molecule has 2 atom stereocenters. The van der Waals surface area contributed by atoms with Crippen LogP contribution in [0.4, 0.5) is 5.69 Å². The first kappa shape index (κ1) is 23.4. The van der Waals surface area contributed by atoms with Crippen molar-refractivity contribution in [1.29, 1.82) is 0 Å². The van der Waals surface area contributed by atoms with Crippen molar-refractivity contribution in [2.45, 2.75) is 31.3 Å². The number of carbonyl (C=O) groups excluding carboxylic acids is 1. The molecular weight excluding hydrogens is 463 g/mol. The van der Waals surface area contributed by atoms with Gasteiger partial charge in [-0.05, 0) is 61.7 Å². The molecule has 2 aromatic carbocycles. The lowest BCUT2D eigenvalue weighted by Crippen LogP contribution is -2.59. The van der Waals surface area contributed by atoms with Gasteiger partial charge in [0.1, 0.15) is 6.04 Å². The van der Waals surface area contributed by atoms with Crippen LogP contribution in [0.2, 0.25) is 10.0 Å². The molecule has 31 heavy (non-hydrogen) atoms. The quantitative estimate of drug-likeness (QED) is 0.673. The molecule has 1 heterocycles. The molecule has 0 unspecified atom stereocenters. The predicted molar refractivity (Wildman–Crippen MR) is 120 cm³/mol. The Morgan fingerprint density at radius 1 is 1.06 bits per heavy atom. The largest absolute Gasteiger partial charge is 0.480 e. The van der Waals surface area contributed by atoms with Gasteiger partial charge in [0.25, 0.3) is 5.91 Å². The smallest absolute Gasteiger partial charge is 0.326 e. The van der Waals surface area contributed by atoms with Crippen LogP contribution in [-0.4, -0.2) is 49.1 Å². The highest BCUT2D eigenvalue weighted by Gasteiger charge is 2.51. The maximum atomic E-state index is 13.9. The first-order valence-corrected chi connectivity index (χ1v) is 12.1. The number of carboxylic acid groups (broad SMARTS) is 1. The third-order valence-electron chi connectivity index (χ3n) is 5.42. The lowest BCUT2D eigenvalue weighted by Gasteiger charge is -2.43. The maximum Gasteiger partial charge on any atom is 0.326 e. The summed E-state index contributed by atoms with van der Waals surface area (Å²) in [6.07, 6.45) is 1.82. The van der Waals surface area contributed by atoms with Crippen LogP contribution < -0.4 is 4.31 Å². The van der Waals surface area contributed by atoms with Crippen molar-refractivity contribution in [3.8, 4) is 0 Å². The van der Waals surface area contributed by atoms with Crippen LogP contribution in [0.3, 0.4) is 0 Å². The number of carboxylic acids is 1. The molecule has 1 saturated heterocycles. The molecule has 3 rings (SSSR count). The monoisotopic (exact) mass is 484 g/mol. The Morgan fingerprint density at radius 2 is 1.58 bits per heavy atom. The van der Waals surface area contributed by atoms with E-state index in [1.807, 2.05) is 0 Å². The number of benzene rings is 2. The Labute approximate surface area is 191 Å². The minimum atomic E-state index is -4.00. The second kappa shape index (κ2) is 8.68. The van der Waals surface area contributed by atoms with Gasteiger partial charge in [0.15, 0.2) is 5.54 Å². The van der Waals surface area contributed by atoms with Gasteiger partial charge in [-0.1, -0.05) is 35.3 Å². The van der Waals surface area contributed by atoms with Gasteiger partial charge in [0.05, 0.1) is 11.9 Å². The summed E-state index contributed by atoms with van der Waals surface area (Å²) in [4.78, 5) is 26.9. The van der Waals surface area contributed by atoms with Crippen molar-refractivity contribution >= 4 is 50.8 Å². The van der Waals surface area contributed by atoms with Crippen molar-refractivity contribution in [3.63, 3.8) is 0 Å². The minimum absolute atomic E-state index is 0.219. The summed E-state index contributed by atoms with van der Waals surface area (Å²) < 4.78 is 27.0. The molecule has 0 radical (unpaired) electrons. The molecule has 1 N–H and O–H groups in total. The number of amides is 1. The van der Waals surface area contributed by atoms with E-state index < -0.39 is 33.5 Å². The van der Waals surface area contributed by atoms with Crippen molar-refractivity contribution < 1.29 is 23.1 Å². The zero-order valence-corrected chi connectivity index (χ0v) is 19.3. The Balaban J connectivity index is 2.25. The molecule has 2 aromatic rings. The van der Waals surface area contributed by atoms with Crippen molar-refractivity contribution in [2.24, 2.45) is 0 Å². The summed E-state index contributed by atoms with van der Waals surface area (Å²) in [6, 6.07) is 11.3. The first-order valence-electron chi connectivity index (χ1n) is 9.52. The molecule has 1 amide bonds. The van der Waals surface area contributed by atoms with Crippen LogP contribution >= 0.6 is 23.2 Å². The second-order valence-electron chi connectivity index (χ2n) is 7.58. The number of likely N-dealkylation sites (tertiary alicyclic amines) is 1. The number of hydrogen-bond acceptors (Lipinski definition) is 4. The highest BCUT2D eigenvalue weighted by atomic mass is 35.5. The predicted octanol–water partition coefficient (Wildman–Crippen LogP) is 3.75. The molecule has 0 aromatic heterocycles. The fourth-order valence-electron chi connectivity index (χ4n) is 4.01. The Bertz CT molecular complexity index is 1090. The average molecular weight is 485 g/mol. The fourth-order valence-corrected chi connectivity index (χ4v) is 5.61. The molecule has 0 saturated carbocycles.